The summed E-state index contributed by atoms with van der Waals surface area (Å²) in [6, 6.07) is -0.658. The first-order chi connectivity index (χ1) is 14.0. The molecule has 0 radical (unpaired) electrons. The van der Waals surface area contributed by atoms with Crippen LogP contribution in [0.2, 0.25) is 0 Å². The van der Waals surface area contributed by atoms with Crippen LogP contribution in [0.25, 0.3) is 0 Å². The third-order valence-electron chi connectivity index (χ3n) is 6.20. The van der Waals surface area contributed by atoms with Gasteiger partial charge in [-0.3, -0.25) is 9.59 Å². The molecule has 0 aromatic carbocycles. The zero-order valence-electron chi connectivity index (χ0n) is 20.6. The highest BCUT2D eigenvalue weighted by Gasteiger charge is 2.37. The molecule has 30 heavy (non-hydrogen) atoms. The van der Waals surface area contributed by atoms with E-state index in [1.54, 1.807) is 0 Å². The van der Waals surface area contributed by atoms with Gasteiger partial charge in [-0.05, 0) is 52.9 Å². The van der Waals surface area contributed by atoms with Gasteiger partial charge in [-0.15, -0.1) is 0 Å². The normalized spacial score (nSPS) is 14.5. The van der Waals surface area contributed by atoms with E-state index < -0.39 is 17.6 Å². The molecule has 0 aliphatic heterocycles. The number of carbonyl (C=O) groups excluding carboxylic acids is 1. The lowest BCUT2D eigenvalue weighted by Gasteiger charge is -2.40. The van der Waals surface area contributed by atoms with E-state index >= 15 is 0 Å². The Balaban J connectivity index is 5.23. The summed E-state index contributed by atoms with van der Waals surface area (Å²) in [5.74, 6) is -0.836. The molecule has 0 aromatic rings. The Morgan fingerprint density at radius 1 is 0.800 bits per heavy atom. The van der Waals surface area contributed by atoms with Crippen LogP contribution in [-0.2, 0) is 9.59 Å². The molecule has 178 valence electrons. The maximum atomic E-state index is 12.8. The zero-order valence-corrected chi connectivity index (χ0v) is 20.6. The molecular weight excluding hydrogens is 378 g/mol. The first-order valence-electron chi connectivity index (χ1n) is 12.2. The molecule has 0 bridgehead atoms. The summed E-state index contributed by atoms with van der Waals surface area (Å²) in [6.45, 7) is 11.7. The number of hydrogen-bond donors (Lipinski definition) is 3. The molecule has 5 heteroatoms. The SMILES string of the molecule is CCCCCCCC(CCCCCC)C(C)(C)NC(CCC(=O)O)C(=O)C(C)(C)O. The third-order valence-corrected chi connectivity index (χ3v) is 6.20. The fraction of sp³-hybridized carbons (Fsp3) is 0.920. The fourth-order valence-corrected chi connectivity index (χ4v) is 4.21. The molecule has 0 amide bonds. The van der Waals surface area contributed by atoms with Crippen LogP contribution in [0.5, 0.6) is 0 Å². The summed E-state index contributed by atoms with van der Waals surface area (Å²) >= 11 is 0. The molecule has 5 nitrogen and oxygen atoms in total. The zero-order chi connectivity index (χ0) is 23.2. The molecular formula is C25H49NO4. The number of rotatable bonds is 19. The van der Waals surface area contributed by atoms with Gasteiger partial charge < -0.3 is 15.5 Å². The highest BCUT2D eigenvalue weighted by molar-refractivity contribution is 5.91. The second-order valence-corrected chi connectivity index (χ2v) is 10.0. The van der Waals surface area contributed by atoms with Gasteiger partial charge in [0.15, 0.2) is 5.78 Å². The number of aliphatic carboxylic acids is 1. The Kier molecular flexibility index (Phi) is 14.5. The molecule has 2 unspecified atom stereocenters. The minimum atomic E-state index is -1.48. The second kappa shape index (κ2) is 15.0. The highest BCUT2D eigenvalue weighted by Crippen LogP contribution is 2.30. The maximum Gasteiger partial charge on any atom is 0.303 e. The lowest BCUT2D eigenvalue weighted by molar-refractivity contribution is -0.139. The number of hydrogen-bond acceptors (Lipinski definition) is 4. The summed E-state index contributed by atoms with van der Waals surface area (Å²) < 4.78 is 0. The van der Waals surface area contributed by atoms with Crippen LogP contribution >= 0.6 is 0 Å². The van der Waals surface area contributed by atoms with Crippen molar-refractivity contribution in [2.45, 2.75) is 142 Å². The summed E-state index contributed by atoms with van der Waals surface area (Å²) in [7, 11) is 0. The van der Waals surface area contributed by atoms with Gasteiger partial charge in [0.1, 0.15) is 5.60 Å². The van der Waals surface area contributed by atoms with Crippen molar-refractivity contribution in [3.8, 4) is 0 Å². The topological polar surface area (TPSA) is 86.6 Å². The molecule has 2 atom stereocenters. The average molecular weight is 428 g/mol. The summed E-state index contributed by atoms with van der Waals surface area (Å²) in [5, 5.41) is 22.8. The van der Waals surface area contributed by atoms with Gasteiger partial charge in [-0.2, -0.15) is 0 Å². The molecule has 0 saturated heterocycles. The Labute approximate surface area is 185 Å². The lowest BCUT2D eigenvalue weighted by atomic mass is 9.78. The fourth-order valence-electron chi connectivity index (χ4n) is 4.21. The minimum Gasteiger partial charge on any atom is -0.481 e. The van der Waals surface area contributed by atoms with Crippen LogP contribution in [0.15, 0.2) is 0 Å². The summed E-state index contributed by atoms with van der Waals surface area (Å²) in [6.07, 6.45) is 13.4. The van der Waals surface area contributed by atoms with Crippen LogP contribution in [0.1, 0.15) is 125 Å². The van der Waals surface area contributed by atoms with E-state index in [4.69, 9.17) is 5.11 Å². The quantitative estimate of drug-likeness (QED) is 0.224. The number of carbonyl (C=O) groups is 2. The predicted molar refractivity (Wildman–Crippen MR) is 125 cm³/mol. The van der Waals surface area contributed by atoms with Crippen LogP contribution < -0.4 is 5.32 Å². The van der Waals surface area contributed by atoms with Crippen LogP contribution in [0, 0.1) is 5.92 Å². The average Bonchev–Trinajstić information content (AvgIpc) is 2.64. The molecule has 0 rings (SSSR count). The van der Waals surface area contributed by atoms with Crippen LogP contribution in [0.4, 0.5) is 0 Å². The van der Waals surface area contributed by atoms with Crippen molar-refractivity contribution in [3.05, 3.63) is 0 Å². The van der Waals surface area contributed by atoms with Crippen molar-refractivity contribution in [2.24, 2.45) is 5.92 Å². The number of unbranched alkanes of at least 4 members (excludes halogenated alkanes) is 7. The van der Waals surface area contributed by atoms with E-state index in [0.717, 1.165) is 12.8 Å². The van der Waals surface area contributed by atoms with Crippen molar-refractivity contribution in [3.63, 3.8) is 0 Å². The molecule has 3 N–H and O–H groups in total. The lowest BCUT2D eigenvalue weighted by Crippen LogP contribution is -2.57. The van der Waals surface area contributed by atoms with E-state index in [0.29, 0.717) is 5.92 Å². The first-order valence-corrected chi connectivity index (χ1v) is 12.2. The number of nitrogens with one attached hydrogen (secondary N) is 1. The van der Waals surface area contributed by atoms with E-state index in [2.05, 4.69) is 33.0 Å². The van der Waals surface area contributed by atoms with Gasteiger partial charge in [0.05, 0.1) is 6.04 Å². The van der Waals surface area contributed by atoms with Crippen molar-refractivity contribution in [2.75, 3.05) is 0 Å². The van der Waals surface area contributed by atoms with Crippen LogP contribution in [0.3, 0.4) is 0 Å². The third kappa shape index (κ3) is 12.7. The van der Waals surface area contributed by atoms with E-state index in [-0.39, 0.29) is 24.2 Å². The molecule has 0 saturated carbocycles. The van der Waals surface area contributed by atoms with Gasteiger partial charge >= 0.3 is 5.97 Å². The number of ketones is 1. The van der Waals surface area contributed by atoms with E-state index in [9.17, 15) is 14.7 Å². The van der Waals surface area contributed by atoms with Gasteiger partial charge in [0, 0.05) is 12.0 Å². The second-order valence-electron chi connectivity index (χ2n) is 10.0. The van der Waals surface area contributed by atoms with E-state index in [1.165, 1.54) is 71.6 Å². The Hall–Kier alpha value is -0.940. The highest BCUT2D eigenvalue weighted by atomic mass is 16.4. The number of aliphatic hydroxyl groups is 1. The standard InChI is InChI=1S/C25H49NO4/c1-7-9-11-13-15-17-20(16-14-12-10-8-2)24(3,4)26-21(18-19-22(27)28)23(29)25(5,6)30/h20-21,26,30H,7-19H2,1-6H3,(H,27,28). The Morgan fingerprint density at radius 3 is 1.70 bits per heavy atom. The minimum absolute atomic E-state index is 0.0895. The molecule has 0 aliphatic carbocycles. The smallest absolute Gasteiger partial charge is 0.303 e. The van der Waals surface area contributed by atoms with Gasteiger partial charge in [-0.1, -0.05) is 71.6 Å². The number of Topliss-reactive ketones (excluding diaryl/α,β-unsaturated/α-hetero) is 1. The van der Waals surface area contributed by atoms with Crippen molar-refractivity contribution in [1.29, 1.82) is 0 Å². The molecule has 0 fully saturated rings. The predicted octanol–water partition coefficient (Wildman–Crippen LogP) is 5.88. The van der Waals surface area contributed by atoms with E-state index in [1.807, 2.05) is 0 Å². The van der Waals surface area contributed by atoms with Crippen molar-refractivity contribution in [1.82, 2.24) is 5.32 Å². The molecule has 0 spiro atoms. The Morgan fingerprint density at radius 2 is 1.27 bits per heavy atom. The summed E-state index contributed by atoms with van der Waals surface area (Å²) in [5.41, 5.74) is -1.79. The van der Waals surface area contributed by atoms with Gasteiger partial charge in [0.25, 0.3) is 0 Å². The maximum absolute atomic E-state index is 12.8. The Bertz CT molecular complexity index is 482. The largest absolute Gasteiger partial charge is 0.481 e. The van der Waals surface area contributed by atoms with Gasteiger partial charge in [0.2, 0.25) is 0 Å². The monoisotopic (exact) mass is 427 g/mol. The van der Waals surface area contributed by atoms with Crippen LogP contribution in [-0.4, -0.2) is 39.1 Å². The van der Waals surface area contributed by atoms with Gasteiger partial charge in [-0.25, -0.2) is 0 Å². The summed E-state index contributed by atoms with van der Waals surface area (Å²) in [4.78, 5) is 23.9. The number of carboxylic acid groups (broad SMARTS) is 1. The molecule has 0 heterocycles. The number of carboxylic acids is 1. The molecule has 0 aromatic heterocycles. The molecule has 0 aliphatic rings. The van der Waals surface area contributed by atoms with Crippen molar-refractivity contribution < 1.29 is 19.8 Å². The first kappa shape index (κ1) is 29.1. The van der Waals surface area contributed by atoms with Crippen molar-refractivity contribution >= 4 is 11.8 Å².